The molecule has 1 N–H and O–H groups in total. The van der Waals surface area contributed by atoms with Crippen molar-refractivity contribution in [2.45, 2.75) is 46.5 Å². The topological polar surface area (TPSA) is 42.2 Å². The van der Waals surface area contributed by atoms with Gasteiger partial charge in [0.25, 0.3) is 0 Å². The highest BCUT2D eigenvalue weighted by Crippen LogP contribution is 2.32. The zero-order valence-corrected chi connectivity index (χ0v) is 13.3. The molecule has 0 saturated carbocycles. The Morgan fingerprint density at radius 1 is 1.00 bits per heavy atom. The monoisotopic (exact) mass is 285 g/mol. The zero-order chi connectivity index (χ0) is 15.7. The molecule has 0 unspecified atom stereocenters. The Morgan fingerprint density at radius 2 is 1.52 bits per heavy atom. The summed E-state index contributed by atoms with van der Waals surface area (Å²) in [5, 5.41) is 9.97. The Hall–Kier alpha value is -2.03. The molecule has 2 aromatic rings. The normalized spacial score (nSPS) is 11.4. The summed E-state index contributed by atoms with van der Waals surface area (Å²) in [4.78, 5) is 11.6. The van der Waals surface area contributed by atoms with Crippen LogP contribution in [0.5, 0.6) is 5.75 Å². The predicted octanol–water partition coefficient (Wildman–Crippen LogP) is 4.10. The lowest BCUT2D eigenvalue weighted by Gasteiger charge is -2.23. The van der Waals surface area contributed by atoms with Gasteiger partial charge in [-0.2, -0.15) is 0 Å². The molecule has 0 aliphatic carbocycles. The van der Waals surface area contributed by atoms with Crippen LogP contribution in [0.3, 0.4) is 0 Å². The fourth-order valence-electron chi connectivity index (χ4n) is 2.66. The summed E-state index contributed by atoms with van der Waals surface area (Å²) < 4.78 is 1.93. The van der Waals surface area contributed by atoms with E-state index in [1.807, 2.05) is 4.57 Å². The van der Waals surface area contributed by atoms with Gasteiger partial charge < -0.3 is 9.67 Å². The van der Waals surface area contributed by atoms with Crippen LogP contribution < -0.4 is 5.43 Å². The Labute approximate surface area is 125 Å². The van der Waals surface area contributed by atoms with Crippen molar-refractivity contribution in [3.8, 4) is 11.4 Å². The standard InChI is InChI=1S/C18H23NO2/c1-11(2)14-7-6-8-15(12(3)4)17(14)19-10-9-16(20)18(21)13(19)5/h6-12,21H,1-5H3. The summed E-state index contributed by atoms with van der Waals surface area (Å²) in [6.45, 7) is 10.4. The molecule has 21 heavy (non-hydrogen) atoms. The number of benzene rings is 1. The Balaban J connectivity index is 2.85. The summed E-state index contributed by atoms with van der Waals surface area (Å²) in [5.74, 6) is 0.546. The Morgan fingerprint density at radius 3 is 2.00 bits per heavy atom. The van der Waals surface area contributed by atoms with Crippen LogP contribution in [0.2, 0.25) is 0 Å². The van der Waals surface area contributed by atoms with Crippen molar-refractivity contribution >= 4 is 0 Å². The average molecular weight is 285 g/mol. The number of pyridine rings is 1. The second-order valence-electron chi connectivity index (χ2n) is 6.08. The largest absolute Gasteiger partial charge is 0.503 e. The number of hydrogen-bond acceptors (Lipinski definition) is 2. The third-order valence-corrected chi connectivity index (χ3v) is 3.90. The number of nitrogens with zero attached hydrogens (tertiary/aromatic N) is 1. The number of rotatable bonds is 3. The zero-order valence-electron chi connectivity index (χ0n) is 13.3. The number of aromatic nitrogens is 1. The van der Waals surface area contributed by atoms with Crippen molar-refractivity contribution in [3.63, 3.8) is 0 Å². The maximum absolute atomic E-state index is 11.6. The highest BCUT2D eigenvalue weighted by atomic mass is 16.3. The molecule has 1 aromatic heterocycles. The van der Waals surface area contributed by atoms with E-state index in [2.05, 4.69) is 45.9 Å². The van der Waals surface area contributed by atoms with Gasteiger partial charge in [0.05, 0.1) is 11.4 Å². The molecule has 1 aromatic carbocycles. The quantitative estimate of drug-likeness (QED) is 0.922. The van der Waals surface area contributed by atoms with Gasteiger partial charge in [-0.3, -0.25) is 4.79 Å². The lowest BCUT2D eigenvalue weighted by Crippen LogP contribution is -2.13. The van der Waals surface area contributed by atoms with Crippen LogP contribution in [0.15, 0.2) is 35.3 Å². The van der Waals surface area contributed by atoms with Gasteiger partial charge in [0.2, 0.25) is 5.43 Å². The first-order valence-corrected chi connectivity index (χ1v) is 7.39. The van der Waals surface area contributed by atoms with E-state index in [-0.39, 0.29) is 11.2 Å². The molecule has 0 aliphatic heterocycles. The smallest absolute Gasteiger partial charge is 0.223 e. The Kier molecular flexibility index (Phi) is 4.21. The molecule has 0 spiro atoms. The maximum Gasteiger partial charge on any atom is 0.223 e. The van der Waals surface area contributed by atoms with Gasteiger partial charge >= 0.3 is 0 Å². The van der Waals surface area contributed by atoms with E-state index < -0.39 is 0 Å². The summed E-state index contributed by atoms with van der Waals surface area (Å²) >= 11 is 0. The van der Waals surface area contributed by atoms with Crippen molar-refractivity contribution < 1.29 is 5.11 Å². The van der Waals surface area contributed by atoms with Crippen LogP contribution in [0.4, 0.5) is 0 Å². The minimum absolute atomic E-state index is 0.175. The van der Waals surface area contributed by atoms with Gasteiger partial charge in [-0.15, -0.1) is 0 Å². The second-order valence-corrected chi connectivity index (χ2v) is 6.08. The molecule has 2 rings (SSSR count). The average Bonchev–Trinajstić information content (AvgIpc) is 2.44. The number of para-hydroxylation sites is 1. The van der Waals surface area contributed by atoms with Crippen molar-refractivity contribution in [3.05, 3.63) is 57.5 Å². The summed E-state index contributed by atoms with van der Waals surface area (Å²) in [7, 11) is 0. The molecule has 0 fully saturated rings. The Bertz CT molecular complexity index is 685. The molecule has 3 heteroatoms. The van der Waals surface area contributed by atoms with Gasteiger partial charge in [-0.25, -0.2) is 0 Å². The molecular weight excluding hydrogens is 262 g/mol. The first kappa shape index (κ1) is 15.4. The van der Waals surface area contributed by atoms with Crippen LogP contribution in [0.25, 0.3) is 5.69 Å². The molecule has 0 aliphatic rings. The van der Waals surface area contributed by atoms with E-state index in [0.717, 1.165) is 5.69 Å². The molecule has 0 bridgehead atoms. The van der Waals surface area contributed by atoms with Gasteiger partial charge in [-0.05, 0) is 29.9 Å². The lowest BCUT2D eigenvalue weighted by molar-refractivity contribution is 0.459. The first-order chi connectivity index (χ1) is 9.84. The summed E-state index contributed by atoms with van der Waals surface area (Å²) in [6, 6.07) is 7.72. The minimum atomic E-state index is -0.336. The van der Waals surface area contributed by atoms with Gasteiger partial charge in [0, 0.05) is 12.3 Å². The van der Waals surface area contributed by atoms with Crippen LogP contribution in [-0.4, -0.2) is 9.67 Å². The third kappa shape index (κ3) is 2.73. The molecule has 1 heterocycles. The van der Waals surface area contributed by atoms with E-state index in [9.17, 15) is 9.90 Å². The summed E-state index contributed by atoms with van der Waals surface area (Å²) in [6.07, 6.45) is 1.75. The highest BCUT2D eigenvalue weighted by molar-refractivity contribution is 5.53. The molecule has 3 nitrogen and oxygen atoms in total. The van der Waals surface area contributed by atoms with E-state index in [4.69, 9.17) is 0 Å². The number of aromatic hydroxyl groups is 1. The van der Waals surface area contributed by atoms with E-state index >= 15 is 0 Å². The summed E-state index contributed by atoms with van der Waals surface area (Å²) in [5.41, 5.74) is 3.75. The minimum Gasteiger partial charge on any atom is -0.503 e. The molecule has 0 radical (unpaired) electrons. The SMILES string of the molecule is Cc1c(O)c(=O)ccn1-c1c(C(C)C)cccc1C(C)C. The van der Waals surface area contributed by atoms with Crippen LogP contribution in [0.1, 0.15) is 56.4 Å². The first-order valence-electron chi connectivity index (χ1n) is 7.39. The predicted molar refractivity (Wildman–Crippen MR) is 86.6 cm³/mol. The molecule has 0 saturated heterocycles. The molecule has 112 valence electrons. The second kappa shape index (κ2) is 5.76. The van der Waals surface area contributed by atoms with Crippen LogP contribution in [0, 0.1) is 6.92 Å². The van der Waals surface area contributed by atoms with Gasteiger partial charge in [0.15, 0.2) is 5.75 Å². The van der Waals surface area contributed by atoms with E-state index in [1.54, 1.807) is 13.1 Å². The van der Waals surface area contributed by atoms with Gasteiger partial charge in [-0.1, -0.05) is 45.9 Å². The van der Waals surface area contributed by atoms with E-state index in [0.29, 0.717) is 17.5 Å². The highest BCUT2D eigenvalue weighted by Gasteiger charge is 2.17. The molecule has 0 amide bonds. The van der Waals surface area contributed by atoms with Crippen LogP contribution >= 0.6 is 0 Å². The third-order valence-electron chi connectivity index (χ3n) is 3.90. The van der Waals surface area contributed by atoms with Crippen molar-refractivity contribution in [2.75, 3.05) is 0 Å². The fraction of sp³-hybridized carbons (Fsp3) is 0.389. The van der Waals surface area contributed by atoms with Crippen molar-refractivity contribution in [1.29, 1.82) is 0 Å². The van der Waals surface area contributed by atoms with Crippen molar-refractivity contribution in [1.82, 2.24) is 4.57 Å². The van der Waals surface area contributed by atoms with Gasteiger partial charge in [0.1, 0.15) is 0 Å². The molecule has 0 atom stereocenters. The lowest BCUT2D eigenvalue weighted by atomic mass is 9.92. The van der Waals surface area contributed by atoms with E-state index in [1.165, 1.54) is 17.2 Å². The van der Waals surface area contributed by atoms with Crippen LogP contribution in [-0.2, 0) is 0 Å². The molecular formula is C18H23NO2. The van der Waals surface area contributed by atoms with Crippen molar-refractivity contribution in [2.24, 2.45) is 0 Å². The maximum atomic E-state index is 11.6. The number of hydrogen-bond donors (Lipinski definition) is 1. The fourth-order valence-corrected chi connectivity index (χ4v) is 2.66.